The van der Waals surface area contributed by atoms with E-state index < -0.39 is 0 Å². The molecule has 0 saturated carbocycles. The van der Waals surface area contributed by atoms with Crippen molar-refractivity contribution in [3.8, 4) is 11.1 Å². The van der Waals surface area contributed by atoms with Crippen LogP contribution < -0.4 is 5.73 Å². The van der Waals surface area contributed by atoms with E-state index in [4.69, 9.17) is 5.73 Å². The number of piperidine rings is 1. The molecule has 2 aromatic rings. The molecular weight excluding hydrogens is 318 g/mol. The Balaban J connectivity index is 1.66. The molecule has 0 aliphatic carbocycles. The fraction of sp³-hybridized carbons (Fsp3) is 0.391. The minimum atomic E-state index is 0.495. The van der Waals surface area contributed by atoms with Crippen LogP contribution >= 0.6 is 0 Å². The summed E-state index contributed by atoms with van der Waals surface area (Å²) in [5, 5.41) is 0. The molecule has 3 heteroatoms. The zero-order valence-corrected chi connectivity index (χ0v) is 16.0. The second-order valence-corrected chi connectivity index (χ2v) is 7.36. The molecule has 1 fully saturated rings. The zero-order chi connectivity index (χ0) is 18.4. The fourth-order valence-electron chi connectivity index (χ4n) is 3.57. The molecule has 0 aromatic heterocycles. The van der Waals surface area contributed by atoms with E-state index in [1.165, 1.54) is 54.6 Å². The Morgan fingerprint density at radius 1 is 1.00 bits per heavy atom. The first kappa shape index (κ1) is 18.7. The highest BCUT2D eigenvalue weighted by Gasteiger charge is 2.10. The Kier molecular flexibility index (Phi) is 6.48. The van der Waals surface area contributed by atoms with Crippen molar-refractivity contribution < 1.29 is 0 Å². The van der Waals surface area contributed by atoms with E-state index in [0.717, 1.165) is 18.8 Å². The summed E-state index contributed by atoms with van der Waals surface area (Å²) in [6, 6.07) is 17.8. The Morgan fingerprint density at radius 3 is 2.42 bits per heavy atom. The van der Waals surface area contributed by atoms with Gasteiger partial charge in [0.15, 0.2) is 0 Å². The minimum Gasteiger partial charge on any atom is -0.373 e. The Hall–Kier alpha value is -2.10. The molecule has 1 heterocycles. The topological polar surface area (TPSA) is 32.5 Å². The summed E-state index contributed by atoms with van der Waals surface area (Å²) in [7, 11) is 2.04. The quantitative estimate of drug-likeness (QED) is 0.811. The smallest absolute Gasteiger partial charge is 0.0423 e. The van der Waals surface area contributed by atoms with Crippen LogP contribution in [0.3, 0.4) is 0 Å². The molecule has 2 aromatic carbocycles. The number of nitrogens with zero attached hydrogens (tertiary/aromatic N) is 2. The number of likely N-dealkylation sites (tertiary alicyclic amines) is 1. The first-order chi connectivity index (χ1) is 12.7. The van der Waals surface area contributed by atoms with Gasteiger partial charge < -0.3 is 10.6 Å². The van der Waals surface area contributed by atoms with E-state index in [2.05, 4.69) is 64.9 Å². The third-order valence-corrected chi connectivity index (χ3v) is 5.26. The average Bonchev–Trinajstić information content (AvgIpc) is 2.69. The maximum Gasteiger partial charge on any atom is 0.0423 e. The highest BCUT2D eigenvalue weighted by molar-refractivity contribution is 5.64. The van der Waals surface area contributed by atoms with Crippen LogP contribution in [0.4, 0.5) is 0 Å². The van der Waals surface area contributed by atoms with Crippen LogP contribution in [0.1, 0.15) is 30.4 Å². The number of benzene rings is 2. The molecule has 0 atom stereocenters. The van der Waals surface area contributed by atoms with Crippen LogP contribution in [0.15, 0.2) is 60.8 Å². The van der Waals surface area contributed by atoms with Gasteiger partial charge in [0.2, 0.25) is 0 Å². The van der Waals surface area contributed by atoms with E-state index in [1.54, 1.807) is 0 Å². The molecule has 0 unspecified atom stereocenters. The van der Waals surface area contributed by atoms with Crippen molar-refractivity contribution in [1.29, 1.82) is 0 Å². The molecule has 1 saturated heterocycles. The molecule has 1 aliphatic rings. The van der Waals surface area contributed by atoms with E-state index in [-0.39, 0.29) is 0 Å². The molecule has 2 N–H and O–H groups in total. The summed E-state index contributed by atoms with van der Waals surface area (Å²) in [5.74, 6) is 0. The van der Waals surface area contributed by atoms with Crippen molar-refractivity contribution in [1.82, 2.24) is 9.80 Å². The van der Waals surface area contributed by atoms with Crippen molar-refractivity contribution >= 4 is 0 Å². The van der Waals surface area contributed by atoms with Crippen molar-refractivity contribution in [3.63, 3.8) is 0 Å². The first-order valence-electron chi connectivity index (χ1n) is 9.65. The van der Waals surface area contributed by atoms with Gasteiger partial charge in [0.25, 0.3) is 0 Å². The lowest BCUT2D eigenvalue weighted by Gasteiger charge is -2.26. The second-order valence-electron chi connectivity index (χ2n) is 7.36. The van der Waals surface area contributed by atoms with E-state index in [9.17, 15) is 0 Å². The standard InChI is InChI=1S/C23H31N3/c1-19(16-24)25(2)17-21-7-6-8-23(15-21)22-11-9-20(10-12-22)18-26-13-4-3-5-14-26/h6-12,15H,1,3-5,13-14,16-18,24H2,2H3. The molecule has 0 bridgehead atoms. The Labute approximate surface area is 158 Å². The van der Waals surface area contributed by atoms with Crippen LogP contribution in [0.25, 0.3) is 11.1 Å². The van der Waals surface area contributed by atoms with Gasteiger partial charge >= 0.3 is 0 Å². The monoisotopic (exact) mass is 349 g/mol. The Morgan fingerprint density at radius 2 is 1.73 bits per heavy atom. The van der Waals surface area contributed by atoms with Gasteiger partial charge in [-0.15, -0.1) is 0 Å². The van der Waals surface area contributed by atoms with Crippen molar-refractivity contribution in [2.45, 2.75) is 32.4 Å². The second kappa shape index (κ2) is 9.02. The summed E-state index contributed by atoms with van der Waals surface area (Å²) in [6.07, 6.45) is 4.07. The number of hydrogen-bond acceptors (Lipinski definition) is 3. The molecular formula is C23H31N3. The molecule has 0 spiro atoms. The zero-order valence-electron chi connectivity index (χ0n) is 16.0. The molecule has 26 heavy (non-hydrogen) atoms. The predicted molar refractivity (Wildman–Crippen MR) is 111 cm³/mol. The van der Waals surface area contributed by atoms with E-state index in [0.29, 0.717) is 6.54 Å². The van der Waals surface area contributed by atoms with Gasteiger partial charge in [-0.1, -0.05) is 55.5 Å². The van der Waals surface area contributed by atoms with Gasteiger partial charge in [-0.3, -0.25) is 4.90 Å². The lowest BCUT2D eigenvalue weighted by Crippen LogP contribution is -2.28. The van der Waals surface area contributed by atoms with Crippen molar-refractivity contribution in [3.05, 3.63) is 71.9 Å². The van der Waals surface area contributed by atoms with E-state index >= 15 is 0 Å². The van der Waals surface area contributed by atoms with Gasteiger partial charge in [-0.2, -0.15) is 0 Å². The summed E-state index contributed by atoms with van der Waals surface area (Å²) in [5.41, 5.74) is 11.9. The lowest BCUT2D eigenvalue weighted by atomic mass is 10.0. The normalized spacial score (nSPS) is 15.0. The molecule has 0 amide bonds. The maximum absolute atomic E-state index is 5.68. The van der Waals surface area contributed by atoms with Gasteiger partial charge in [0.1, 0.15) is 0 Å². The number of rotatable bonds is 7. The van der Waals surface area contributed by atoms with Crippen molar-refractivity contribution in [2.24, 2.45) is 5.73 Å². The van der Waals surface area contributed by atoms with Crippen LogP contribution in [0, 0.1) is 0 Å². The molecule has 0 radical (unpaired) electrons. The van der Waals surface area contributed by atoms with E-state index in [1.807, 2.05) is 7.05 Å². The highest BCUT2D eigenvalue weighted by atomic mass is 15.1. The first-order valence-corrected chi connectivity index (χ1v) is 9.65. The molecule has 3 rings (SSSR count). The summed E-state index contributed by atoms with van der Waals surface area (Å²) >= 11 is 0. The van der Waals surface area contributed by atoms with Crippen LogP contribution in [0.2, 0.25) is 0 Å². The van der Waals surface area contributed by atoms with Crippen LogP contribution in [0.5, 0.6) is 0 Å². The third-order valence-electron chi connectivity index (χ3n) is 5.26. The van der Waals surface area contributed by atoms with Crippen LogP contribution in [-0.2, 0) is 13.1 Å². The molecule has 1 aliphatic heterocycles. The fourth-order valence-corrected chi connectivity index (χ4v) is 3.57. The van der Waals surface area contributed by atoms with Gasteiger partial charge in [-0.25, -0.2) is 0 Å². The number of likely N-dealkylation sites (N-methyl/N-ethyl adjacent to an activating group) is 1. The Bertz CT molecular complexity index is 714. The summed E-state index contributed by atoms with van der Waals surface area (Å²) in [4.78, 5) is 4.68. The van der Waals surface area contributed by atoms with Gasteiger partial charge in [0, 0.05) is 32.4 Å². The maximum atomic E-state index is 5.68. The largest absolute Gasteiger partial charge is 0.373 e. The molecule has 138 valence electrons. The number of nitrogens with two attached hydrogens (primary N) is 1. The summed E-state index contributed by atoms with van der Waals surface area (Å²) in [6.45, 7) is 8.89. The average molecular weight is 350 g/mol. The minimum absolute atomic E-state index is 0.495. The van der Waals surface area contributed by atoms with Crippen molar-refractivity contribution in [2.75, 3.05) is 26.7 Å². The number of hydrogen-bond donors (Lipinski definition) is 1. The molecule has 3 nitrogen and oxygen atoms in total. The summed E-state index contributed by atoms with van der Waals surface area (Å²) < 4.78 is 0. The van der Waals surface area contributed by atoms with Crippen LogP contribution in [-0.4, -0.2) is 36.5 Å². The van der Waals surface area contributed by atoms with Gasteiger partial charge in [0.05, 0.1) is 0 Å². The van der Waals surface area contributed by atoms with Gasteiger partial charge in [-0.05, 0) is 54.3 Å². The third kappa shape index (κ3) is 4.96. The predicted octanol–water partition coefficient (Wildman–Crippen LogP) is 4.24. The SMILES string of the molecule is C=C(CN)N(C)Cc1cccc(-c2ccc(CN3CCCCC3)cc2)c1. The lowest BCUT2D eigenvalue weighted by molar-refractivity contribution is 0.221. The highest BCUT2D eigenvalue weighted by Crippen LogP contribution is 2.23.